The van der Waals surface area contributed by atoms with Crippen molar-refractivity contribution in [3.63, 3.8) is 0 Å². The third-order valence-electron chi connectivity index (χ3n) is 3.29. The average molecular weight is 304 g/mol. The Morgan fingerprint density at radius 3 is 2.29 bits per heavy atom. The normalized spacial score (nSPS) is 12.2. The van der Waals surface area contributed by atoms with Crippen LogP contribution in [0.3, 0.4) is 0 Å². The molecule has 1 unspecified atom stereocenters. The lowest BCUT2D eigenvalue weighted by Gasteiger charge is -2.15. The Morgan fingerprint density at radius 1 is 1.10 bits per heavy atom. The number of nitrogens with zero attached hydrogens (tertiary/aromatic N) is 2. The van der Waals surface area contributed by atoms with E-state index in [0.29, 0.717) is 5.92 Å². The molecule has 0 saturated carbocycles. The Kier molecular flexibility index (Phi) is 4.91. The van der Waals surface area contributed by atoms with Crippen molar-refractivity contribution in [2.45, 2.75) is 32.7 Å². The van der Waals surface area contributed by atoms with Gasteiger partial charge in [-0.05, 0) is 24.0 Å². The first-order chi connectivity index (χ1) is 9.97. The van der Waals surface area contributed by atoms with Gasteiger partial charge in [-0.1, -0.05) is 49.7 Å². The maximum absolute atomic E-state index is 12.1. The summed E-state index contributed by atoms with van der Waals surface area (Å²) in [6, 6.07) is 8.12. The zero-order valence-corrected chi connectivity index (χ0v) is 13.1. The predicted molar refractivity (Wildman–Crippen MR) is 83.5 cm³/mol. The Hall–Kier alpha value is -1.94. The molecule has 0 aliphatic heterocycles. The van der Waals surface area contributed by atoms with Crippen LogP contribution in [0, 0.1) is 0 Å². The fraction of sp³-hybridized carbons (Fsp3) is 0.312. The maximum atomic E-state index is 12.1. The minimum Gasteiger partial charge on any atom is -0.344 e. The van der Waals surface area contributed by atoms with Crippen LogP contribution in [0.2, 0.25) is 5.15 Å². The third kappa shape index (κ3) is 4.02. The fourth-order valence-electron chi connectivity index (χ4n) is 1.98. The lowest BCUT2D eigenvalue weighted by atomic mass is 9.99. The molecule has 0 fully saturated rings. The van der Waals surface area contributed by atoms with Gasteiger partial charge in [-0.25, -0.2) is 4.98 Å². The summed E-state index contributed by atoms with van der Waals surface area (Å²) < 4.78 is 0. The summed E-state index contributed by atoms with van der Waals surface area (Å²) in [6.07, 6.45) is 2.79. The lowest BCUT2D eigenvalue weighted by Crippen LogP contribution is -2.27. The van der Waals surface area contributed by atoms with Crippen molar-refractivity contribution in [3.05, 3.63) is 58.6 Å². The van der Waals surface area contributed by atoms with Gasteiger partial charge in [-0.15, -0.1) is 0 Å². The lowest BCUT2D eigenvalue weighted by molar-refractivity contribution is 0.0934. The second-order valence-electron chi connectivity index (χ2n) is 5.24. The smallest absolute Gasteiger partial charge is 0.272 e. The molecule has 0 aliphatic carbocycles. The number of aromatic nitrogens is 2. The van der Waals surface area contributed by atoms with Crippen molar-refractivity contribution in [1.29, 1.82) is 0 Å². The van der Waals surface area contributed by atoms with E-state index in [4.69, 9.17) is 11.6 Å². The summed E-state index contributed by atoms with van der Waals surface area (Å²) in [4.78, 5) is 19.9. The van der Waals surface area contributed by atoms with Crippen molar-refractivity contribution in [3.8, 4) is 0 Å². The number of carbonyl (C=O) groups excluding carboxylic acids is 1. The molecule has 2 rings (SSSR count). The Morgan fingerprint density at radius 2 is 1.71 bits per heavy atom. The maximum Gasteiger partial charge on any atom is 0.272 e. The topological polar surface area (TPSA) is 54.9 Å². The molecular weight excluding hydrogens is 286 g/mol. The number of hydrogen-bond donors (Lipinski definition) is 1. The zero-order valence-electron chi connectivity index (χ0n) is 12.3. The molecule has 1 N–H and O–H groups in total. The summed E-state index contributed by atoms with van der Waals surface area (Å²) >= 11 is 5.74. The zero-order chi connectivity index (χ0) is 15.4. The van der Waals surface area contributed by atoms with E-state index in [1.807, 2.05) is 19.1 Å². The molecule has 1 aromatic heterocycles. The minimum atomic E-state index is -0.287. The molecular formula is C16H18ClN3O. The van der Waals surface area contributed by atoms with Gasteiger partial charge in [0.2, 0.25) is 0 Å². The van der Waals surface area contributed by atoms with Crippen LogP contribution in [0.4, 0.5) is 0 Å². The van der Waals surface area contributed by atoms with Crippen LogP contribution in [0.15, 0.2) is 36.7 Å². The molecule has 2 aromatic rings. The largest absolute Gasteiger partial charge is 0.344 e. The van der Waals surface area contributed by atoms with E-state index in [1.54, 1.807) is 0 Å². The fourth-order valence-corrected chi connectivity index (χ4v) is 2.12. The number of hydrogen-bond acceptors (Lipinski definition) is 3. The minimum absolute atomic E-state index is 0.112. The van der Waals surface area contributed by atoms with E-state index in [-0.39, 0.29) is 22.8 Å². The SMILES string of the molecule is CC(C)c1ccc(C(C)NC(=O)c2cncc(Cl)n2)cc1. The van der Waals surface area contributed by atoms with Crippen molar-refractivity contribution < 1.29 is 4.79 Å². The first-order valence-electron chi connectivity index (χ1n) is 6.85. The standard InChI is InChI=1S/C16H18ClN3O/c1-10(2)12-4-6-13(7-5-12)11(3)19-16(21)14-8-18-9-15(17)20-14/h4-11H,1-3H3,(H,19,21). The second-order valence-corrected chi connectivity index (χ2v) is 5.63. The van der Waals surface area contributed by atoms with Crippen LogP contribution in [0.1, 0.15) is 54.3 Å². The third-order valence-corrected chi connectivity index (χ3v) is 3.47. The molecule has 4 nitrogen and oxygen atoms in total. The molecule has 110 valence electrons. The molecule has 1 aromatic carbocycles. The molecule has 0 bridgehead atoms. The summed E-state index contributed by atoms with van der Waals surface area (Å²) in [5, 5.41) is 3.09. The van der Waals surface area contributed by atoms with Crippen LogP contribution in [-0.2, 0) is 0 Å². The Balaban J connectivity index is 2.07. The number of halogens is 1. The van der Waals surface area contributed by atoms with E-state index in [1.165, 1.54) is 18.0 Å². The van der Waals surface area contributed by atoms with Gasteiger partial charge in [0.15, 0.2) is 0 Å². The molecule has 21 heavy (non-hydrogen) atoms. The average Bonchev–Trinajstić information content (AvgIpc) is 2.47. The number of nitrogens with one attached hydrogen (secondary N) is 1. The quantitative estimate of drug-likeness (QED) is 0.936. The molecule has 0 spiro atoms. The highest BCUT2D eigenvalue weighted by Crippen LogP contribution is 2.18. The summed E-state index contributed by atoms with van der Waals surface area (Å²) in [7, 11) is 0. The van der Waals surface area contributed by atoms with Crippen LogP contribution in [-0.4, -0.2) is 15.9 Å². The molecule has 0 radical (unpaired) electrons. The monoisotopic (exact) mass is 303 g/mol. The molecule has 5 heteroatoms. The van der Waals surface area contributed by atoms with Gasteiger partial charge in [-0.3, -0.25) is 9.78 Å². The molecule has 0 saturated heterocycles. The summed E-state index contributed by atoms with van der Waals surface area (Å²) in [5.74, 6) is 0.205. The highest BCUT2D eigenvalue weighted by Gasteiger charge is 2.13. The van der Waals surface area contributed by atoms with E-state index in [0.717, 1.165) is 5.56 Å². The van der Waals surface area contributed by atoms with Gasteiger partial charge >= 0.3 is 0 Å². The first-order valence-corrected chi connectivity index (χ1v) is 7.23. The number of amides is 1. The van der Waals surface area contributed by atoms with Crippen LogP contribution in [0.25, 0.3) is 0 Å². The molecule has 0 aliphatic rings. The van der Waals surface area contributed by atoms with Gasteiger partial charge in [0.25, 0.3) is 5.91 Å². The Labute approximate surface area is 129 Å². The summed E-state index contributed by atoms with van der Waals surface area (Å²) in [6.45, 7) is 6.23. The molecule has 1 amide bonds. The number of benzene rings is 1. The highest BCUT2D eigenvalue weighted by atomic mass is 35.5. The van der Waals surface area contributed by atoms with Gasteiger partial charge in [0, 0.05) is 0 Å². The molecule has 1 atom stereocenters. The van der Waals surface area contributed by atoms with Gasteiger partial charge < -0.3 is 5.32 Å². The number of carbonyl (C=O) groups is 1. The van der Waals surface area contributed by atoms with Gasteiger partial charge in [-0.2, -0.15) is 0 Å². The number of rotatable bonds is 4. The summed E-state index contributed by atoms with van der Waals surface area (Å²) in [5.41, 5.74) is 2.54. The van der Waals surface area contributed by atoms with Crippen LogP contribution < -0.4 is 5.32 Å². The van der Waals surface area contributed by atoms with Crippen LogP contribution in [0.5, 0.6) is 0 Å². The van der Waals surface area contributed by atoms with Crippen molar-refractivity contribution >= 4 is 17.5 Å². The van der Waals surface area contributed by atoms with Crippen LogP contribution >= 0.6 is 11.6 Å². The predicted octanol–water partition coefficient (Wildman–Crippen LogP) is 3.74. The van der Waals surface area contributed by atoms with E-state index < -0.39 is 0 Å². The van der Waals surface area contributed by atoms with Crippen molar-refractivity contribution in [2.75, 3.05) is 0 Å². The van der Waals surface area contributed by atoms with E-state index >= 15 is 0 Å². The van der Waals surface area contributed by atoms with Gasteiger partial charge in [0.05, 0.1) is 18.4 Å². The Bertz CT molecular complexity index is 626. The van der Waals surface area contributed by atoms with Gasteiger partial charge in [0.1, 0.15) is 10.8 Å². The second kappa shape index (κ2) is 6.68. The first kappa shape index (κ1) is 15.4. The highest BCUT2D eigenvalue weighted by molar-refractivity contribution is 6.29. The van der Waals surface area contributed by atoms with E-state index in [2.05, 4.69) is 41.3 Å². The molecule has 1 heterocycles. The van der Waals surface area contributed by atoms with Crippen molar-refractivity contribution in [2.24, 2.45) is 0 Å². The van der Waals surface area contributed by atoms with E-state index in [9.17, 15) is 4.79 Å². The van der Waals surface area contributed by atoms with Crippen molar-refractivity contribution in [1.82, 2.24) is 15.3 Å².